The lowest BCUT2D eigenvalue weighted by Crippen LogP contribution is -2.52. The van der Waals surface area contributed by atoms with Crippen LogP contribution in [-0.2, 0) is 14.3 Å². The molecule has 0 saturated heterocycles. The lowest BCUT2D eigenvalue weighted by molar-refractivity contribution is -0.154. The number of hydrogen-bond acceptors (Lipinski definition) is 3. The van der Waals surface area contributed by atoms with Crippen LogP contribution in [0.15, 0.2) is 11.1 Å². The molecule has 8 atom stereocenters. The third kappa shape index (κ3) is 4.36. The Morgan fingerprint density at radius 1 is 1.06 bits per heavy atom. The summed E-state index contributed by atoms with van der Waals surface area (Å²) in [4.78, 5) is 25.4. The Labute approximate surface area is 202 Å². The summed E-state index contributed by atoms with van der Waals surface area (Å²) in [5.74, 6) is 3.82. The molecular weight excluding hydrogens is 408 g/mol. The Hall–Kier alpha value is -1.12. The van der Waals surface area contributed by atoms with Crippen molar-refractivity contribution in [3.8, 4) is 0 Å². The van der Waals surface area contributed by atoms with Gasteiger partial charge in [0, 0.05) is 19.3 Å². The van der Waals surface area contributed by atoms with Gasteiger partial charge in [-0.3, -0.25) is 9.59 Å². The molecule has 0 aromatic rings. The van der Waals surface area contributed by atoms with E-state index in [-0.39, 0.29) is 28.8 Å². The van der Waals surface area contributed by atoms with Gasteiger partial charge in [-0.2, -0.15) is 0 Å². The molecule has 0 spiro atoms. The zero-order valence-corrected chi connectivity index (χ0v) is 22.3. The van der Waals surface area contributed by atoms with Crippen LogP contribution in [0, 0.1) is 46.3 Å². The number of esters is 1. The maximum Gasteiger partial charge on any atom is 0.302 e. The first-order valence-electron chi connectivity index (χ1n) is 13.9. The highest BCUT2D eigenvalue weighted by molar-refractivity contribution is 5.88. The molecule has 0 unspecified atom stereocenters. The quantitative estimate of drug-likeness (QED) is 0.306. The minimum Gasteiger partial charge on any atom is -0.463 e. The molecule has 0 aliphatic heterocycles. The van der Waals surface area contributed by atoms with Crippen LogP contribution in [0.3, 0.4) is 0 Å². The average molecular weight is 457 g/mol. The van der Waals surface area contributed by atoms with Crippen LogP contribution in [0.1, 0.15) is 113 Å². The largest absolute Gasteiger partial charge is 0.463 e. The Bertz CT molecular complexity index is 809. The van der Waals surface area contributed by atoms with E-state index in [1.165, 1.54) is 32.6 Å². The normalized spacial score (nSPS) is 40.2. The predicted molar refractivity (Wildman–Crippen MR) is 134 cm³/mol. The van der Waals surface area contributed by atoms with Gasteiger partial charge in [0.15, 0.2) is 0 Å². The predicted octanol–water partition coefficient (Wildman–Crippen LogP) is 7.53. The standard InChI is InChI=1S/C30H48O3/c1-18(2)19(3)8-9-20(4)25-12-13-26-24-11-10-22-16-23(33-21(5)31)14-15-29(22,6)28(24)27(32)17-30(25,26)7/h18-20,22-23,25,28H,8-17H2,1-7H3/t19-,20+,22-,23+,25-,28-,29-,30+/m0/s1. The molecule has 4 aliphatic carbocycles. The van der Waals surface area contributed by atoms with Gasteiger partial charge in [0.25, 0.3) is 0 Å². The number of hydrogen-bond donors (Lipinski definition) is 0. The molecule has 0 bridgehead atoms. The van der Waals surface area contributed by atoms with Gasteiger partial charge in [-0.1, -0.05) is 65.5 Å². The van der Waals surface area contributed by atoms with Crippen molar-refractivity contribution in [3.63, 3.8) is 0 Å². The monoisotopic (exact) mass is 456 g/mol. The molecule has 33 heavy (non-hydrogen) atoms. The molecule has 0 heterocycles. The highest BCUT2D eigenvalue weighted by Gasteiger charge is 2.59. The second kappa shape index (κ2) is 9.15. The first-order chi connectivity index (χ1) is 15.5. The summed E-state index contributed by atoms with van der Waals surface area (Å²) in [6.07, 6.45) is 10.9. The van der Waals surface area contributed by atoms with E-state index >= 15 is 0 Å². The summed E-state index contributed by atoms with van der Waals surface area (Å²) in [5.41, 5.74) is 3.36. The van der Waals surface area contributed by atoms with Gasteiger partial charge in [-0.25, -0.2) is 0 Å². The van der Waals surface area contributed by atoms with Crippen LogP contribution in [-0.4, -0.2) is 17.9 Å². The fourth-order valence-corrected chi connectivity index (χ4v) is 8.64. The summed E-state index contributed by atoms with van der Waals surface area (Å²) in [6.45, 7) is 15.9. The molecule has 3 saturated carbocycles. The number of rotatable bonds is 6. The SMILES string of the molecule is CC(=O)O[C@@H]1CC[C@@]2(C)[C@@H](CCC3=C4CC[C@@H]([C@H](C)CC[C@H](C)C(C)C)[C@@]4(C)CC(=O)[C@H]32)C1. The van der Waals surface area contributed by atoms with Crippen LogP contribution < -0.4 is 0 Å². The molecule has 0 radical (unpaired) electrons. The number of fused-ring (bicyclic) bond motifs is 4. The van der Waals surface area contributed by atoms with Crippen LogP contribution in [0.5, 0.6) is 0 Å². The fraction of sp³-hybridized carbons (Fsp3) is 0.867. The average Bonchev–Trinajstić information content (AvgIpc) is 3.07. The molecule has 0 aromatic heterocycles. The van der Waals surface area contributed by atoms with Gasteiger partial charge >= 0.3 is 5.97 Å². The van der Waals surface area contributed by atoms with Crippen LogP contribution in [0.25, 0.3) is 0 Å². The summed E-state index contributed by atoms with van der Waals surface area (Å²) in [5, 5.41) is 0. The smallest absolute Gasteiger partial charge is 0.302 e. The van der Waals surface area contributed by atoms with Crippen molar-refractivity contribution in [3.05, 3.63) is 11.1 Å². The number of ketones is 1. The Morgan fingerprint density at radius 3 is 2.45 bits per heavy atom. The zero-order chi connectivity index (χ0) is 24.1. The van der Waals surface area contributed by atoms with Crippen LogP contribution in [0.4, 0.5) is 0 Å². The van der Waals surface area contributed by atoms with Crippen LogP contribution in [0.2, 0.25) is 0 Å². The summed E-state index contributed by atoms with van der Waals surface area (Å²) < 4.78 is 5.59. The van der Waals surface area contributed by atoms with Gasteiger partial charge in [0.1, 0.15) is 11.9 Å². The van der Waals surface area contributed by atoms with Crippen molar-refractivity contribution < 1.29 is 14.3 Å². The van der Waals surface area contributed by atoms with Gasteiger partial charge in [0.2, 0.25) is 0 Å². The van der Waals surface area contributed by atoms with E-state index in [9.17, 15) is 9.59 Å². The van der Waals surface area contributed by atoms with Gasteiger partial charge in [-0.05, 0) is 85.4 Å². The molecule has 3 heteroatoms. The Kier molecular flexibility index (Phi) is 6.93. The third-order valence-electron chi connectivity index (χ3n) is 11.0. The summed E-state index contributed by atoms with van der Waals surface area (Å²) in [7, 11) is 0. The van der Waals surface area contributed by atoms with E-state index in [1.54, 1.807) is 11.1 Å². The lowest BCUT2D eigenvalue weighted by atomic mass is 9.48. The fourth-order valence-electron chi connectivity index (χ4n) is 8.64. The van der Waals surface area contributed by atoms with E-state index in [4.69, 9.17) is 4.74 Å². The van der Waals surface area contributed by atoms with E-state index in [0.717, 1.165) is 50.4 Å². The number of ether oxygens (including phenoxy) is 1. The van der Waals surface area contributed by atoms with Crippen molar-refractivity contribution in [2.24, 2.45) is 46.3 Å². The van der Waals surface area contributed by atoms with Gasteiger partial charge < -0.3 is 4.74 Å². The van der Waals surface area contributed by atoms with Gasteiger partial charge in [0.05, 0.1) is 0 Å². The minimum atomic E-state index is -0.166. The molecule has 0 amide bonds. The topological polar surface area (TPSA) is 43.4 Å². The molecule has 0 aromatic carbocycles. The highest BCUT2D eigenvalue weighted by Crippen LogP contribution is 2.65. The second-order valence-corrected chi connectivity index (χ2v) is 13.2. The maximum absolute atomic E-state index is 13.9. The number of carbonyl (C=O) groups excluding carboxylic acids is 2. The van der Waals surface area contributed by atoms with Crippen LogP contribution >= 0.6 is 0 Å². The second-order valence-electron chi connectivity index (χ2n) is 13.2. The summed E-state index contributed by atoms with van der Waals surface area (Å²) in [6, 6.07) is 0. The first-order valence-corrected chi connectivity index (χ1v) is 13.9. The van der Waals surface area contributed by atoms with Crippen molar-refractivity contribution in [1.82, 2.24) is 0 Å². The highest BCUT2D eigenvalue weighted by atomic mass is 16.5. The number of carbonyl (C=O) groups is 2. The molecule has 4 rings (SSSR count). The van der Waals surface area contributed by atoms with Crippen molar-refractivity contribution >= 4 is 11.8 Å². The van der Waals surface area contributed by atoms with Crippen molar-refractivity contribution in [1.29, 1.82) is 0 Å². The molecule has 186 valence electrons. The molecule has 4 aliphatic rings. The Morgan fingerprint density at radius 2 is 1.79 bits per heavy atom. The number of allylic oxidation sites excluding steroid dienone is 2. The maximum atomic E-state index is 13.9. The van der Waals surface area contributed by atoms with E-state index in [0.29, 0.717) is 23.5 Å². The molecule has 0 N–H and O–H groups in total. The minimum absolute atomic E-state index is 0.0451. The number of Topliss-reactive ketones (excluding diaryl/α,β-unsaturated/α-hetero) is 1. The van der Waals surface area contributed by atoms with E-state index in [2.05, 4.69) is 41.5 Å². The first kappa shape index (κ1) is 25.0. The third-order valence-corrected chi connectivity index (χ3v) is 11.0. The van der Waals surface area contributed by atoms with Crippen molar-refractivity contribution in [2.75, 3.05) is 0 Å². The molecular formula is C30H48O3. The van der Waals surface area contributed by atoms with Crippen molar-refractivity contribution in [2.45, 2.75) is 119 Å². The lowest BCUT2D eigenvalue weighted by Gasteiger charge is -2.56. The zero-order valence-electron chi connectivity index (χ0n) is 22.3. The van der Waals surface area contributed by atoms with E-state index in [1.807, 2.05) is 0 Å². The summed E-state index contributed by atoms with van der Waals surface area (Å²) >= 11 is 0. The van der Waals surface area contributed by atoms with E-state index < -0.39 is 0 Å². The Balaban J connectivity index is 1.55. The molecule has 3 fully saturated rings. The molecule has 3 nitrogen and oxygen atoms in total. The van der Waals surface area contributed by atoms with Gasteiger partial charge in [-0.15, -0.1) is 0 Å².